The molecule has 1 aromatic carbocycles. The average Bonchev–Trinajstić information content (AvgIpc) is 3.50. The van der Waals surface area contributed by atoms with Crippen molar-refractivity contribution in [2.45, 2.75) is 38.0 Å². The van der Waals surface area contributed by atoms with Crippen LogP contribution in [0.2, 0.25) is 0 Å². The summed E-state index contributed by atoms with van der Waals surface area (Å²) < 4.78 is 103. The molecule has 0 radical (unpaired) electrons. The number of fused-ring (bicyclic) bond motifs is 1. The van der Waals surface area contributed by atoms with E-state index in [9.17, 15) is 39.5 Å². The van der Waals surface area contributed by atoms with Gasteiger partial charge in [0.1, 0.15) is 11.4 Å². The van der Waals surface area contributed by atoms with Gasteiger partial charge in [0.05, 0.1) is 30.2 Å². The molecule has 290 valence electrons. The third-order valence-corrected chi connectivity index (χ3v) is 7.03. The number of carbonyl (C=O) groups is 3. The molecule has 21 heteroatoms. The lowest BCUT2D eigenvalue weighted by Crippen LogP contribution is -2.46. The maximum absolute atomic E-state index is 10.6. The van der Waals surface area contributed by atoms with Gasteiger partial charge in [-0.1, -0.05) is 12.1 Å². The van der Waals surface area contributed by atoms with Crippen LogP contribution in [0.3, 0.4) is 0 Å². The number of nitrogens with zero attached hydrogens (tertiary/aromatic N) is 5. The molecule has 0 saturated carbocycles. The zero-order valence-corrected chi connectivity index (χ0v) is 27.9. The molecule has 1 fully saturated rings. The minimum absolute atomic E-state index is 0.247. The summed E-state index contributed by atoms with van der Waals surface area (Å²) in [6, 6.07) is 21.0. The zero-order chi connectivity index (χ0) is 40.3. The first-order valence-corrected chi connectivity index (χ1v) is 14.8. The molecule has 3 aromatic heterocycles. The van der Waals surface area contributed by atoms with E-state index in [1.807, 2.05) is 25.1 Å². The molecule has 0 bridgehead atoms. The largest absolute Gasteiger partial charge is 0.497 e. The van der Waals surface area contributed by atoms with Gasteiger partial charge in [-0.15, -0.1) is 0 Å². The van der Waals surface area contributed by atoms with Crippen molar-refractivity contribution in [3.8, 4) is 17.0 Å². The fourth-order valence-electron chi connectivity index (χ4n) is 4.50. The van der Waals surface area contributed by atoms with Gasteiger partial charge < -0.3 is 20.1 Å². The SMILES string of the molecule is COc1ccc(-c2cccc3nc(C4CN(Cc5cccc(C)n5)CCN4C)cn23)cc1.O=C(O)C(F)(F)F.O=C(O)C(F)(F)F.O=C(O)C(F)(F)F. The number of hydrogen-bond donors (Lipinski definition) is 3. The number of hydrogen-bond acceptors (Lipinski definition) is 8. The number of methoxy groups -OCH3 is 1. The van der Waals surface area contributed by atoms with Gasteiger partial charge in [-0.2, -0.15) is 39.5 Å². The second kappa shape index (κ2) is 18.4. The Morgan fingerprint density at radius 3 is 1.75 bits per heavy atom. The molecule has 1 atom stereocenters. The Kier molecular flexibility index (Phi) is 15.1. The van der Waals surface area contributed by atoms with Crippen molar-refractivity contribution in [2.24, 2.45) is 0 Å². The molecule has 12 nitrogen and oxygen atoms in total. The van der Waals surface area contributed by atoms with Crippen molar-refractivity contribution in [3.63, 3.8) is 0 Å². The topological polar surface area (TPSA) is 158 Å². The lowest BCUT2D eigenvalue weighted by molar-refractivity contribution is -0.193. The van der Waals surface area contributed by atoms with Crippen LogP contribution in [0.5, 0.6) is 5.75 Å². The van der Waals surface area contributed by atoms with Crippen LogP contribution in [0.4, 0.5) is 39.5 Å². The monoisotopic (exact) mass is 769 g/mol. The fraction of sp³-hybridized carbons (Fsp3) is 0.344. The fourth-order valence-corrected chi connectivity index (χ4v) is 4.50. The summed E-state index contributed by atoms with van der Waals surface area (Å²) in [5.74, 6) is -7.41. The first-order valence-electron chi connectivity index (χ1n) is 14.8. The highest BCUT2D eigenvalue weighted by Crippen LogP contribution is 2.28. The number of imidazole rings is 1. The second-order valence-electron chi connectivity index (χ2n) is 10.9. The van der Waals surface area contributed by atoms with E-state index >= 15 is 0 Å². The Balaban J connectivity index is 0.000000379. The Bertz CT molecular complexity index is 1770. The van der Waals surface area contributed by atoms with E-state index in [0.29, 0.717) is 0 Å². The van der Waals surface area contributed by atoms with Crippen LogP contribution in [0.1, 0.15) is 23.1 Å². The highest BCUT2D eigenvalue weighted by Gasteiger charge is 2.39. The summed E-state index contributed by atoms with van der Waals surface area (Å²) in [6.45, 7) is 5.90. The van der Waals surface area contributed by atoms with E-state index in [1.54, 1.807) is 7.11 Å². The van der Waals surface area contributed by atoms with Crippen molar-refractivity contribution in [1.82, 2.24) is 24.2 Å². The number of carboxylic acid groups (broad SMARTS) is 3. The minimum atomic E-state index is -5.08. The van der Waals surface area contributed by atoms with Crippen molar-refractivity contribution in [2.75, 3.05) is 33.8 Å². The molecule has 0 spiro atoms. The number of aryl methyl sites for hydroxylation is 1. The number of halogens is 9. The third-order valence-electron chi connectivity index (χ3n) is 7.03. The van der Waals surface area contributed by atoms with Crippen LogP contribution < -0.4 is 4.74 Å². The molecule has 53 heavy (non-hydrogen) atoms. The van der Waals surface area contributed by atoms with E-state index in [4.69, 9.17) is 44.4 Å². The first-order chi connectivity index (χ1) is 24.4. The molecular weight excluding hydrogens is 737 g/mol. The number of pyridine rings is 2. The number of rotatable bonds is 5. The number of likely N-dealkylation sites (N-methyl/N-ethyl adjacent to an activating group) is 1. The Labute approximate surface area is 294 Å². The highest BCUT2D eigenvalue weighted by atomic mass is 19.4. The van der Waals surface area contributed by atoms with Gasteiger partial charge >= 0.3 is 36.4 Å². The Morgan fingerprint density at radius 2 is 1.28 bits per heavy atom. The molecule has 1 aliphatic rings. The van der Waals surface area contributed by atoms with E-state index in [1.165, 1.54) is 0 Å². The summed E-state index contributed by atoms with van der Waals surface area (Å²) in [5.41, 5.74) is 6.55. The zero-order valence-electron chi connectivity index (χ0n) is 27.9. The average molecular weight is 770 g/mol. The van der Waals surface area contributed by atoms with Crippen molar-refractivity contribution >= 4 is 23.6 Å². The van der Waals surface area contributed by atoms with Crippen LogP contribution in [0, 0.1) is 6.92 Å². The first kappa shape index (κ1) is 43.7. The van der Waals surface area contributed by atoms with Gasteiger partial charge in [0.2, 0.25) is 0 Å². The van der Waals surface area contributed by atoms with Crippen LogP contribution >= 0.6 is 0 Å². The van der Waals surface area contributed by atoms with Crippen molar-refractivity contribution < 1.29 is 74.0 Å². The van der Waals surface area contributed by atoms with Gasteiger partial charge in [0.25, 0.3) is 0 Å². The van der Waals surface area contributed by atoms with Gasteiger partial charge in [0.15, 0.2) is 0 Å². The van der Waals surface area contributed by atoms with Gasteiger partial charge in [-0.3, -0.25) is 19.2 Å². The molecule has 0 aliphatic carbocycles. The summed E-state index contributed by atoms with van der Waals surface area (Å²) >= 11 is 0. The van der Waals surface area contributed by atoms with E-state index in [2.05, 4.69) is 69.9 Å². The van der Waals surface area contributed by atoms with Crippen LogP contribution in [0.15, 0.2) is 66.9 Å². The molecule has 0 amide bonds. The number of aromatic nitrogens is 3. The Hall–Kier alpha value is -5.44. The quantitative estimate of drug-likeness (QED) is 0.202. The van der Waals surface area contributed by atoms with E-state index in [0.717, 1.165) is 65.9 Å². The standard InChI is InChI=1S/C26H29N5O.3C2HF3O2/c1-19-6-4-7-21(27-19)16-30-15-14-29(2)25(18-30)23-17-31-24(8-5-9-26(31)28-23)20-10-12-22(32-3)13-11-20;3*3-2(4,5)1(6)7/h4-13,17,25H,14-16,18H2,1-3H3;3*(H,6,7). The van der Waals surface area contributed by atoms with Crippen molar-refractivity contribution in [1.29, 1.82) is 0 Å². The number of alkyl halides is 9. The smallest absolute Gasteiger partial charge is 0.490 e. The summed E-state index contributed by atoms with van der Waals surface area (Å²) in [7, 11) is 3.89. The van der Waals surface area contributed by atoms with Gasteiger partial charge in [-0.25, -0.2) is 19.4 Å². The predicted octanol–water partition coefficient (Wildman–Crippen LogP) is 6.10. The molecule has 4 heterocycles. The summed E-state index contributed by atoms with van der Waals surface area (Å²) in [5, 5.41) is 21.4. The molecular formula is C32H32F9N5O7. The van der Waals surface area contributed by atoms with Crippen molar-refractivity contribution in [3.05, 3.63) is 83.9 Å². The summed E-state index contributed by atoms with van der Waals surface area (Å²) in [6.07, 6.45) is -13.1. The minimum Gasteiger partial charge on any atom is -0.497 e. The predicted molar refractivity (Wildman–Crippen MR) is 168 cm³/mol. The third kappa shape index (κ3) is 13.9. The number of carboxylic acids is 3. The van der Waals surface area contributed by atoms with E-state index in [-0.39, 0.29) is 6.04 Å². The van der Waals surface area contributed by atoms with Crippen LogP contribution in [-0.4, -0.2) is 110 Å². The molecule has 1 aliphatic heterocycles. The molecule has 4 aromatic rings. The molecule has 3 N–H and O–H groups in total. The molecule has 1 unspecified atom stereocenters. The van der Waals surface area contributed by atoms with Crippen LogP contribution in [-0.2, 0) is 20.9 Å². The molecule has 1 saturated heterocycles. The highest BCUT2D eigenvalue weighted by molar-refractivity contribution is 5.73. The lowest BCUT2D eigenvalue weighted by Gasteiger charge is -2.38. The number of piperazine rings is 1. The van der Waals surface area contributed by atoms with Gasteiger partial charge in [-0.05, 0) is 68.1 Å². The number of benzene rings is 1. The lowest BCUT2D eigenvalue weighted by atomic mass is 10.1. The number of aliphatic carboxylic acids is 3. The van der Waals surface area contributed by atoms with E-state index < -0.39 is 36.4 Å². The maximum atomic E-state index is 10.6. The van der Waals surface area contributed by atoms with Gasteiger partial charge in [0, 0.05) is 38.1 Å². The number of ether oxygens (including phenoxy) is 1. The normalized spacial score (nSPS) is 15.1. The Morgan fingerprint density at radius 1 is 0.774 bits per heavy atom. The summed E-state index contributed by atoms with van der Waals surface area (Å²) in [4.78, 5) is 41.3. The van der Waals surface area contributed by atoms with Crippen LogP contribution in [0.25, 0.3) is 16.9 Å². The second-order valence-corrected chi connectivity index (χ2v) is 10.9. The maximum Gasteiger partial charge on any atom is 0.490 e. The molecule has 5 rings (SSSR count).